The number of ether oxygens (including phenoxy) is 1. The first-order valence-corrected chi connectivity index (χ1v) is 10.7. The Labute approximate surface area is 187 Å². The number of halogens is 1. The molecule has 0 amide bonds. The summed E-state index contributed by atoms with van der Waals surface area (Å²) in [6.45, 7) is 2.71. The van der Waals surface area contributed by atoms with Crippen molar-refractivity contribution in [1.29, 1.82) is 0 Å². The van der Waals surface area contributed by atoms with Gasteiger partial charge in [-0.05, 0) is 73.0 Å². The van der Waals surface area contributed by atoms with E-state index in [4.69, 9.17) is 21.3 Å². The average Bonchev–Trinajstić information content (AvgIpc) is 3.15. The van der Waals surface area contributed by atoms with Gasteiger partial charge in [-0.1, -0.05) is 41.9 Å². The topological polar surface area (TPSA) is 38.2 Å². The van der Waals surface area contributed by atoms with Crippen LogP contribution in [0.1, 0.15) is 18.1 Å². The van der Waals surface area contributed by atoms with Crippen molar-refractivity contribution in [3.8, 4) is 17.0 Å². The van der Waals surface area contributed by atoms with E-state index in [1.54, 1.807) is 0 Å². The summed E-state index contributed by atoms with van der Waals surface area (Å²) in [5.41, 5.74) is 5.53. The van der Waals surface area contributed by atoms with E-state index in [-0.39, 0.29) is 0 Å². The third-order valence-electron chi connectivity index (χ3n) is 5.53. The maximum Gasteiger partial charge on any atom is 0.230 e. The minimum Gasteiger partial charge on any atom is -0.489 e. The Balaban J connectivity index is 1.34. The second kappa shape index (κ2) is 8.40. The molecule has 154 valence electrons. The van der Waals surface area contributed by atoms with Crippen LogP contribution < -0.4 is 9.64 Å². The van der Waals surface area contributed by atoms with E-state index in [9.17, 15) is 0 Å². The summed E-state index contributed by atoms with van der Waals surface area (Å²) in [5, 5.41) is 0.726. The van der Waals surface area contributed by atoms with Gasteiger partial charge in [0.1, 0.15) is 12.4 Å². The molecule has 0 N–H and O–H groups in total. The quantitative estimate of drug-likeness (QED) is 0.366. The first-order valence-electron chi connectivity index (χ1n) is 10.4. The van der Waals surface area contributed by atoms with Gasteiger partial charge in [-0.25, -0.2) is 9.97 Å². The Hall–Kier alpha value is -3.37. The summed E-state index contributed by atoms with van der Waals surface area (Å²) in [7, 11) is 0. The Morgan fingerprint density at radius 2 is 1.74 bits per heavy atom. The van der Waals surface area contributed by atoms with Crippen LogP contribution in [0, 0.1) is 0 Å². The SMILES string of the molecule is CC1Cc2ccccc2N1c1nccc(-c2ccc(OCc3ccc(Cl)cc3)cc2)n1. The molecule has 5 rings (SSSR count). The minimum atomic E-state index is 0.330. The average molecular weight is 428 g/mol. The first-order chi connectivity index (χ1) is 15.2. The zero-order chi connectivity index (χ0) is 21.2. The maximum atomic E-state index is 5.94. The van der Waals surface area contributed by atoms with E-state index < -0.39 is 0 Å². The van der Waals surface area contributed by atoms with Gasteiger partial charge in [0.15, 0.2) is 0 Å². The summed E-state index contributed by atoms with van der Waals surface area (Å²) in [6.07, 6.45) is 2.83. The highest BCUT2D eigenvalue weighted by Gasteiger charge is 2.28. The number of hydrogen-bond acceptors (Lipinski definition) is 4. The van der Waals surface area contributed by atoms with Gasteiger partial charge in [-0.2, -0.15) is 0 Å². The Morgan fingerprint density at radius 1 is 0.968 bits per heavy atom. The van der Waals surface area contributed by atoms with Gasteiger partial charge in [0, 0.05) is 28.5 Å². The lowest BCUT2D eigenvalue weighted by Crippen LogP contribution is -2.25. The first kappa shape index (κ1) is 19.6. The van der Waals surface area contributed by atoms with Crippen LogP contribution in [0.25, 0.3) is 11.3 Å². The summed E-state index contributed by atoms with van der Waals surface area (Å²) >= 11 is 5.94. The molecule has 3 aromatic carbocycles. The van der Waals surface area contributed by atoms with Crippen LogP contribution in [0.3, 0.4) is 0 Å². The number of benzene rings is 3. The third-order valence-corrected chi connectivity index (χ3v) is 5.79. The molecule has 0 aliphatic carbocycles. The molecular formula is C26H22ClN3O. The highest BCUT2D eigenvalue weighted by molar-refractivity contribution is 6.30. The van der Waals surface area contributed by atoms with E-state index in [0.29, 0.717) is 12.6 Å². The van der Waals surface area contributed by atoms with Crippen molar-refractivity contribution in [3.05, 3.63) is 101 Å². The third kappa shape index (κ3) is 4.12. The fourth-order valence-electron chi connectivity index (χ4n) is 3.96. The van der Waals surface area contributed by atoms with E-state index in [1.807, 2.05) is 60.8 Å². The smallest absolute Gasteiger partial charge is 0.230 e. The molecule has 0 radical (unpaired) electrons. The predicted molar refractivity (Wildman–Crippen MR) is 125 cm³/mol. The van der Waals surface area contributed by atoms with Crippen LogP contribution in [-0.2, 0) is 13.0 Å². The van der Waals surface area contributed by atoms with Crippen LogP contribution in [0.2, 0.25) is 5.02 Å². The van der Waals surface area contributed by atoms with Crippen LogP contribution in [0.4, 0.5) is 11.6 Å². The summed E-state index contributed by atoms with van der Waals surface area (Å²) in [4.78, 5) is 11.7. The lowest BCUT2D eigenvalue weighted by atomic mass is 10.1. The lowest BCUT2D eigenvalue weighted by Gasteiger charge is -2.22. The lowest BCUT2D eigenvalue weighted by molar-refractivity contribution is 0.306. The number of rotatable bonds is 5. The normalized spacial score (nSPS) is 15.0. The molecule has 2 heterocycles. The van der Waals surface area contributed by atoms with Gasteiger partial charge < -0.3 is 9.64 Å². The van der Waals surface area contributed by atoms with E-state index in [1.165, 1.54) is 11.3 Å². The molecular weight excluding hydrogens is 406 g/mol. The predicted octanol–water partition coefficient (Wildman–Crippen LogP) is 6.46. The summed E-state index contributed by atoms with van der Waals surface area (Å²) in [5.74, 6) is 1.55. The number of nitrogens with zero attached hydrogens (tertiary/aromatic N) is 3. The van der Waals surface area contributed by atoms with Crippen molar-refractivity contribution in [2.24, 2.45) is 0 Å². The van der Waals surface area contributed by atoms with Crippen LogP contribution >= 0.6 is 11.6 Å². The molecule has 4 nitrogen and oxygen atoms in total. The van der Waals surface area contributed by atoms with Gasteiger partial charge in [0.2, 0.25) is 5.95 Å². The molecule has 0 saturated heterocycles. The monoisotopic (exact) mass is 427 g/mol. The molecule has 5 heteroatoms. The summed E-state index contributed by atoms with van der Waals surface area (Å²) in [6, 6.07) is 26.4. The van der Waals surface area contributed by atoms with E-state index >= 15 is 0 Å². The van der Waals surface area contributed by atoms with Crippen molar-refractivity contribution < 1.29 is 4.74 Å². The molecule has 1 atom stereocenters. The molecule has 4 aromatic rings. The minimum absolute atomic E-state index is 0.330. The van der Waals surface area contributed by atoms with Crippen molar-refractivity contribution in [2.45, 2.75) is 26.0 Å². The molecule has 1 aliphatic rings. The Morgan fingerprint density at radius 3 is 2.55 bits per heavy atom. The number of anilines is 2. The zero-order valence-electron chi connectivity index (χ0n) is 17.2. The largest absolute Gasteiger partial charge is 0.489 e. The van der Waals surface area contributed by atoms with Crippen molar-refractivity contribution in [2.75, 3.05) is 4.90 Å². The summed E-state index contributed by atoms with van der Waals surface area (Å²) < 4.78 is 5.90. The molecule has 1 aromatic heterocycles. The maximum absolute atomic E-state index is 5.94. The second-order valence-electron chi connectivity index (χ2n) is 7.73. The van der Waals surface area contributed by atoms with Crippen LogP contribution in [0.5, 0.6) is 5.75 Å². The zero-order valence-corrected chi connectivity index (χ0v) is 18.0. The number of hydrogen-bond donors (Lipinski definition) is 0. The molecule has 1 unspecified atom stereocenters. The molecule has 0 bridgehead atoms. The van der Waals surface area contributed by atoms with Crippen LogP contribution in [-0.4, -0.2) is 16.0 Å². The van der Waals surface area contributed by atoms with E-state index in [0.717, 1.165) is 40.0 Å². The number of para-hydroxylation sites is 1. The fraction of sp³-hybridized carbons (Fsp3) is 0.154. The molecule has 31 heavy (non-hydrogen) atoms. The van der Waals surface area contributed by atoms with Crippen molar-refractivity contribution in [1.82, 2.24) is 9.97 Å². The standard InChI is InChI=1S/C26H22ClN3O/c1-18-16-21-4-2-3-5-25(21)30(18)26-28-15-14-24(29-26)20-8-12-23(13-9-20)31-17-19-6-10-22(27)11-7-19/h2-15,18H,16-17H2,1H3. The van der Waals surface area contributed by atoms with Gasteiger partial charge >= 0.3 is 0 Å². The highest BCUT2D eigenvalue weighted by atomic mass is 35.5. The van der Waals surface area contributed by atoms with E-state index in [2.05, 4.69) is 41.1 Å². The van der Waals surface area contributed by atoms with Gasteiger partial charge in [0.05, 0.1) is 5.69 Å². The number of aromatic nitrogens is 2. The van der Waals surface area contributed by atoms with Crippen molar-refractivity contribution >= 4 is 23.2 Å². The highest BCUT2D eigenvalue weighted by Crippen LogP contribution is 2.36. The molecule has 1 aliphatic heterocycles. The van der Waals surface area contributed by atoms with Gasteiger partial charge in [-0.3, -0.25) is 0 Å². The van der Waals surface area contributed by atoms with Crippen LogP contribution in [0.15, 0.2) is 85.1 Å². The Kier molecular flexibility index (Phi) is 5.31. The fourth-order valence-corrected chi connectivity index (χ4v) is 4.09. The van der Waals surface area contributed by atoms with Gasteiger partial charge in [0.25, 0.3) is 0 Å². The van der Waals surface area contributed by atoms with Crippen molar-refractivity contribution in [3.63, 3.8) is 0 Å². The van der Waals surface area contributed by atoms with Gasteiger partial charge in [-0.15, -0.1) is 0 Å². The second-order valence-corrected chi connectivity index (χ2v) is 8.17. The molecule has 0 saturated carbocycles. The molecule has 0 spiro atoms. The Bertz CT molecular complexity index is 1190. The molecule has 0 fully saturated rings. The number of fused-ring (bicyclic) bond motifs is 1.